The zero-order valence-electron chi connectivity index (χ0n) is 16.8. The van der Waals surface area contributed by atoms with Crippen molar-refractivity contribution in [3.8, 4) is 0 Å². The molecular formula is C28H26. The standard InChI is InChI=1S/C28H26/c1-7-11-19(5)22-13-15-25-26-16-14-23(21(9-3)12-8-2)18-28(26)24(10-4)20(6)27(25)17-22/h7-18H,2-3,5-6H2,1,4H3/b11-7-,21-12+,24-10+. The highest BCUT2D eigenvalue weighted by Gasteiger charge is 2.08. The lowest BCUT2D eigenvalue weighted by Gasteiger charge is -2.11. The number of rotatable bonds is 5. The average molecular weight is 363 g/mol. The lowest BCUT2D eigenvalue weighted by molar-refractivity contribution is 1.59. The summed E-state index contributed by atoms with van der Waals surface area (Å²) in [5.74, 6) is 0. The van der Waals surface area contributed by atoms with Crippen LogP contribution in [0.4, 0.5) is 0 Å². The van der Waals surface area contributed by atoms with Crippen LogP contribution in [-0.2, 0) is 0 Å². The van der Waals surface area contributed by atoms with Crippen LogP contribution in [0, 0.1) is 0 Å². The van der Waals surface area contributed by atoms with E-state index in [9.17, 15) is 0 Å². The maximum Gasteiger partial charge on any atom is -0.00963 e. The van der Waals surface area contributed by atoms with Crippen LogP contribution in [-0.4, -0.2) is 0 Å². The van der Waals surface area contributed by atoms with Crippen molar-refractivity contribution in [2.45, 2.75) is 13.8 Å². The molecule has 0 unspecified atom stereocenters. The molecule has 0 saturated carbocycles. The summed E-state index contributed by atoms with van der Waals surface area (Å²) >= 11 is 0. The van der Waals surface area contributed by atoms with Gasteiger partial charge in [-0.3, -0.25) is 0 Å². The van der Waals surface area contributed by atoms with E-state index in [1.54, 1.807) is 6.08 Å². The lowest BCUT2D eigenvalue weighted by Crippen LogP contribution is -2.25. The highest BCUT2D eigenvalue weighted by Crippen LogP contribution is 2.27. The fourth-order valence-electron chi connectivity index (χ4n) is 3.75. The largest absolute Gasteiger partial charge is 0.0990 e. The first-order valence-corrected chi connectivity index (χ1v) is 9.48. The summed E-state index contributed by atoms with van der Waals surface area (Å²) in [4.78, 5) is 0. The Morgan fingerprint density at radius 1 is 0.857 bits per heavy atom. The molecular weight excluding hydrogens is 336 g/mol. The second kappa shape index (κ2) is 8.10. The highest BCUT2D eigenvalue weighted by atomic mass is 14.1. The first-order valence-electron chi connectivity index (χ1n) is 9.48. The summed E-state index contributed by atoms with van der Waals surface area (Å²) in [5.41, 5.74) is 4.31. The maximum atomic E-state index is 4.42. The van der Waals surface area contributed by atoms with Gasteiger partial charge < -0.3 is 0 Å². The van der Waals surface area contributed by atoms with Crippen LogP contribution >= 0.6 is 0 Å². The van der Waals surface area contributed by atoms with Crippen LogP contribution in [0.1, 0.15) is 25.0 Å². The van der Waals surface area contributed by atoms with E-state index in [2.05, 4.69) is 75.7 Å². The predicted octanol–water partition coefficient (Wildman–Crippen LogP) is 6.55. The van der Waals surface area contributed by atoms with Crippen molar-refractivity contribution in [3.05, 3.63) is 108 Å². The fraction of sp³-hybridized carbons (Fsp3) is 0.0714. The number of benzene rings is 3. The summed E-state index contributed by atoms with van der Waals surface area (Å²) in [6, 6.07) is 13.1. The first-order chi connectivity index (χ1) is 13.5. The molecule has 28 heavy (non-hydrogen) atoms. The van der Waals surface area contributed by atoms with Crippen LogP contribution in [0.25, 0.3) is 45.3 Å². The number of allylic oxidation sites excluding steroid dienone is 7. The second-order valence-corrected chi connectivity index (χ2v) is 6.79. The highest BCUT2D eigenvalue weighted by molar-refractivity contribution is 6.09. The number of hydrogen-bond donors (Lipinski definition) is 0. The van der Waals surface area contributed by atoms with Gasteiger partial charge in [0.1, 0.15) is 0 Å². The lowest BCUT2D eigenvalue weighted by atomic mass is 9.92. The third-order valence-electron chi connectivity index (χ3n) is 5.15. The number of fused-ring (bicyclic) bond motifs is 3. The minimum atomic E-state index is 1.01. The Morgan fingerprint density at radius 2 is 1.50 bits per heavy atom. The van der Waals surface area contributed by atoms with Crippen molar-refractivity contribution >= 4 is 45.3 Å². The molecule has 0 amide bonds. The molecule has 0 atom stereocenters. The van der Waals surface area contributed by atoms with Crippen LogP contribution in [0.3, 0.4) is 0 Å². The van der Waals surface area contributed by atoms with Crippen molar-refractivity contribution in [2.24, 2.45) is 0 Å². The van der Waals surface area contributed by atoms with Gasteiger partial charge in [0.15, 0.2) is 0 Å². The molecule has 0 aliphatic heterocycles. The molecule has 0 aromatic heterocycles. The Labute approximate surface area is 167 Å². The molecule has 3 aromatic rings. The van der Waals surface area contributed by atoms with Gasteiger partial charge in [0.05, 0.1) is 0 Å². The molecule has 0 radical (unpaired) electrons. The molecule has 0 aliphatic rings. The average Bonchev–Trinajstić information content (AvgIpc) is 2.72. The monoisotopic (exact) mass is 362 g/mol. The van der Waals surface area contributed by atoms with Gasteiger partial charge in [-0.05, 0) is 80.2 Å². The van der Waals surface area contributed by atoms with Crippen LogP contribution < -0.4 is 10.4 Å². The van der Waals surface area contributed by atoms with Gasteiger partial charge in [-0.2, -0.15) is 0 Å². The van der Waals surface area contributed by atoms with Gasteiger partial charge in [0.2, 0.25) is 0 Å². The third kappa shape index (κ3) is 3.30. The molecule has 3 aromatic carbocycles. The summed E-state index contributed by atoms with van der Waals surface area (Å²) < 4.78 is 0. The summed E-state index contributed by atoms with van der Waals surface area (Å²) in [5, 5.41) is 7.02. The predicted molar refractivity (Wildman–Crippen MR) is 129 cm³/mol. The van der Waals surface area contributed by atoms with Gasteiger partial charge in [-0.15, -0.1) is 0 Å². The molecule has 0 fully saturated rings. The van der Waals surface area contributed by atoms with E-state index in [1.807, 2.05) is 31.2 Å². The minimum Gasteiger partial charge on any atom is -0.0990 e. The van der Waals surface area contributed by atoms with E-state index in [-0.39, 0.29) is 0 Å². The molecule has 0 bridgehead atoms. The van der Waals surface area contributed by atoms with Crippen LogP contribution in [0.2, 0.25) is 0 Å². The van der Waals surface area contributed by atoms with E-state index in [0.29, 0.717) is 0 Å². The molecule has 0 N–H and O–H groups in total. The summed E-state index contributed by atoms with van der Waals surface area (Å²) in [6.07, 6.45) is 11.8. The maximum absolute atomic E-state index is 4.42. The quantitative estimate of drug-likeness (QED) is 0.357. The molecule has 0 heteroatoms. The van der Waals surface area contributed by atoms with Gasteiger partial charge in [0.25, 0.3) is 0 Å². The Morgan fingerprint density at radius 3 is 2.11 bits per heavy atom. The van der Waals surface area contributed by atoms with Crippen LogP contribution in [0.15, 0.2) is 86.5 Å². The van der Waals surface area contributed by atoms with Crippen molar-refractivity contribution in [3.63, 3.8) is 0 Å². The Kier molecular flexibility index (Phi) is 5.61. The molecule has 0 heterocycles. The molecule has 138 valence electrons. The summed E-state index contributed by atoms with van der Waals surface area (Å²) in [7, 11) is 0. The second-order valence-electron chi connectivity index (χ2n) is 6.79. The normalized spacial score (nSPS) is 12.8. The van der Waals surface area contributed by atoms with Crippen molar-refractivity contribution in [2.75, 3.05) is 0 Å². The van der Waals surface area contributed by atoms with Crippen molar-refractivity contribution in [1.82, 2.24) is 0 Å². The van der Waals surface area contributed by atoms with E-state index in [0.717, 1.165) is 27.5 Å². The summed E-state index contributed by atoms with van der Waals surface area (Å²) in [6.45, 7) is 20.4. The molecule has 0 spiro atoms. The molecule has 0 nitrogen and oxygen atoms in total. The van der Waals surface area contributed by atoms with E-state index in [1.165, 1.54) is 26.8 Å². The van der Waals surface area contributed by atoms with E-state index < -0.39 is 0 Å². The van der Waals surface area contributed by atoms with Gasteiger partial charge in [0, 0.05) is 0 Å². The van der Waals surface area contributed by atoms with Gasteiger partial charge in [-0.1, -0.05) is 87.0 Å². The SMILES string of the molecule is C=C/C=C(\C=C)c1ccc2c(c1)/c(=C/C)c(=C)c1cc(C(=C)/C=C\C)ccc12. The molecule has 0 aliphatic carbocycles. The fourth-order valence-corrected chi connectivity index (χ4v) is 3.75. The Bertz CT molecular complexity index is 1280. The third-order valence-corrected chi connectivity index (χ3v) is 5.15. The van der Waals surface area contributed by atoms with Gasteiger partial charge in [-0.25, -0.2) is 0 Å². The Balaban J connectivity index is 2.41. The van der Waals surface area contributed by atoms with Crippen molar-refractivity contribution in [1.29, 1.82) is 0 Å². The van der Waals surface area contributed by atoms with E-state index in [4.69, 9.17) is 0 Å². The first kappa shape index (κ1) is 19.4. The minimum absolute atomic E-state index is 1.01. The number of hydrogen-bond acceptors (Lipinski definition) is 0. The van der Waals surface area contributed by atoms with Gasteiger partial charge >= 0.3 is 0 Å². The van der Waals surface area contributed by atoms with E-state index >= 15 is 0 Å². The van der Waals surface area contributed by atoms with Crippen molar-refractivity contribution < 1.29 is 0 Å². The van der Waals surface area contributed by atoms with Crippen LogP contribution in [0.5, 0.6) is 0 Å². The smallest absolute Gasteiger partial charge is 0.00963 e. The zero-order valence-corrected chi connectivity index (χ0v) is 16.8. The zero-order chi connectivity index (χ0) is 20.3. The topological polar surface area (TPSA) is 0 Å². The molecule has 3 rings (SSSR count). The molecule has 0 saturated heterocycles. The Hall–Kier alpha value is -3.38.